The first-order valence-electron chi connectivity index (χ1n) is 6.37. The highest BCUT2D eigenvalue weighted by atomic mass is 19.2. The minimum atomic E-state index is -0.989. The highest BCUT2D eigenvalue weighted by Crippen LogP contribution is 2.13. The van der Waals surface area contributed by atoms with Gasteiger partial charge in [-0.05, 0) is 12.1 Å². The standard InChI is InChI=1S/C13H17F2N3O2/c14-11-2-1-9(5-12(11)15)17-13(19)8-18-3-4-20-10(6-16)7-18/h1-2,5,10H,3-4,6-8,16H2,(H,17,19). The van der Waals surface area contributed by atoms with E-state index in [-0.39, 0.29) is 24.2 Å². The van der Waals surface area contributed by atoms with Crippen molar-refractivity contribution in [1.29, 1.82) is 0 Å². The molecule has 0 radical (unpaired) electrons. The average Bonchev–Trinajstić information content (AvgIpc) is 2.43. The molecule has 1 aliphatic rings. The third-order valence-corrected chi connectivity index (χ3v) is 3.06. The molecule has 1 aromatic rings. The van der Waals surface area contributed by atoms with E-state index in [2.05, 4.69) is 5.32 Å². The Morgan fingerprint density at radius 1 is 1.45 bits per heavy atom. The summed E-state index contributed by atoms with van der Waals surface area (Å²) in [6.45, 7) is 2.32. The predicted molar refractivity (Wildman–Crippen MR) is 70.2 cm³/mol. The van der Waals surface area contributed by atoms with E-state index in [1.807, 2.05) is 4.90 Å². The highest BCUT2D eigenvalue weighted by Gasteiger charge is 2.21. The van der Waals surface area contributed by atoms with Crippen molar-refractivity contribution in [2.24, 2.45) is 5.73 Å². The maximum Gasteiger partial charge on any atom is 0.238 e. The Labute approximate surface area is 115 Å². The molecule has 1 unspecified atom stereocenters. The molecule has 3 N–H and O–H groups in total. The number of hydrogen-bond acceptors (Lipinski definition) is 4. The normalized spacial score (nSPS) is 19.9. The van der Waals surface area contributed by atoms with E-state index in [0.29, 0.717) is 26.2 Å². The molecule has 1 fully saturated rings. The molecule has 2 rings (SSSR count). The van der Waals surface area contributed by atoms with Crippen molar-refractivity contribution in [2.75, 3.05) is 38.1 Å². The SMILES string of the molecule is NCC1CN(CC(=O)Nc2ccc(F)c(F)c2)CCO1. The summed E-state index contributed by atoms with van der Waals surface area (Å²) in [5.41, 5.74) is 5.76. The number of carbonyl (C=O) groups is 1. The van der Waals surface area contributed by atoms with Gasteiger partial charge < -0.3 is 15.8 Å². The molecule has 0 bridgehead atoms. The van der Waals surface area contributed by atoms with Crippen LogP contribution in [0.1, 0.15) is 0 Å². The van der Waals surface area contributed by atoms with Gasteiger partial charge in [0.15, 0.2) is 11.6 Å². The molecule has 7 heteroatoms. The molecule has 0 aliphatic carbocycles. The van der Waals surface area contributed by atoms with Gasteiger partial charge in [0.05, 0.1) is 19.3 Å². The molecule has 20 heavy (non-hydrogen) atoms. The number of carbonyl (C=O) groups excluding carboxylic acids is 1. The second-order valence-electron chi connectivity index (χ2n) is 4.64. The minimum absolute atomic E-state index is 0.0696. The maximum absolute atomic E-state index is 13.0. The zero-order valence-electron chi connectivity index (χ0n) is 10.9. The van der Waals surface area contributed by atoms with Crippen molar-refractivity contribution in [1.82, 2.24) is 4.90 Å². The number of amides is 1. The molecule has 5 nitrogen and oxygen atoms in total. The second-order valence-corrected chi connectivity index (χ2v) is 4.64. The van der Waals surface area contributed by atoms with E-state index >= 15 is 0 Å². The Morgan fingerprint density at radius 3 is 2.95 bits per heavy atom. The molecule has 1 saturated heterocycles. The molecule has 1 heterocycles. The van der Waals surface area contributed by atoms with Crippen LogP contribution in [0.2, 0.25) is 0 Å². The molecule has 110 valence electrons. The Kier molecular flexibility index (Phi) is 4.99. The first kappa shape index (κ1) is 14.8. The van der Waals surface area contributed by atoms with Crippen LogP contribution < -0.4 is 11.1 Å². The van der Waals surface area contributed by atoms with Gasteiger partial charge in [0, 0.05) is 31.4 Å². The first-order chi connectivity index (χ1) is 9.58. The summed E-state index contributed by atoms with van der Waals surface area (Å²) in [5, 5.41) is 2.53. The lowest BCUT2D eigenvalue weighted by atomic mass is 10.2. The van der Waals surface area contributed by atoms with Crippen molar-refractivity contribution in [3.8, 4) is 0 Å². The molecule has 1 aromatic carbocycles. The monoisotopic (exact) mass is 285 g/mol. The largest absolute Gasteiger partial charge is 0.374 e. The van der Waals surface area contributed by atoms with E-state index in [1.165, 1.54) is 6.07 Å². The lowest BCUT2D eigenvalue weighted by Gasteiger charge is -2.31. The quantitative estimate of drug-likeness (QED) is 0.848. The summed E-state index contributed by atoms with van der Waals surface area (Å²) in [4.78, 5) is 13.7. The Morgan fingerprint density at radius 2 is 2.25 bits per heavy atom. The van der Waals surface area contributed by atoms with Crippen LogP contribution >= 0.6 is 0 Å². The van der Waals surface area contributed by atoms with Gasteiger partial charge in [-0.1, -0.05) is 0 Å². The zero-order valence-corrected chi connectivity index (χ0v) is 10.9. The topological polar surface area (TPSA) is 67.6 Å². The van der Waals surface area contributed by atoms with Crippen molar-refractivity contribution in [2.45, 2.75) is 6.10 Å². The Bertz CT molecular complexity index is 485. The Hall–Kier alpha value is -1.57. The summed E-state index contributed by atoms with van der Waals surface area (Å²) < 4.78 is 31.2. The number of ether oxygens (including phenoxy) is 1. The summed E-state index contributed by atoms with van der Waals surface area (Å²) in [6.07, 6.45) is -0.0696. The van der Waals surface area contributed by atoms with E-state index in [1.54, 1.807) is 0 Å². The Balaban J connectivity index is 1.87. The molecule has 0 aromatic heterocycles. The minimum Gasteiger partial charge on any atom is -0.374 e. The number of anilines is 1. The van der Waals surface area contributed by atoms with Gasteiger partial charge in [0.2, 0.25) is 5.91 Å². The fraction of sp³-hybridized carbons (Fsp3) is 0.462. The summed E-state index contributed by atoms with van der Waals surface area (Å²) in [5.74, 6) is -2.21. The van der Waals surface area contributed by atoms with Crippen LogP contribution in [0.5, 0.6) is 0 Å². The van der Waals surface area contributed by atoms with Gasteiger partial charge in [0.25, 0.3) is 0 Å². The molecule has 1 aliphatic heterocycles. The third kappa shape index (κ3) is 3.96. The number of rotatable bonds is 4. The second kappa shape index (κ2) is 6.74. The van der Waals surface area contributed by atoms with Crippen molar-refractivity contribution in [3.63, 3.8) is 0 Å². The zero-order chi connectivity index (χ0) is 14.5. The average molecular weight is 285 g/mol. The van der Waals surface area contributed by atoms with Crippen LogP contribution in [0, 0.1) is 11.6 Å². The van der Waals surface area contributed by atoms with Gasteiger partial charge in [-0.25, -0.2) is 8.78 Å². The fourth-order valence-corrected chi connectivity index (χ4v) is 2.04. The number of nitrogens with zero attached hydrogens (tertiary/aromatic N) is 1. The van der Waals surface area contributed by atoms with Crippen molar-refractivity contribution >= 4 is 11.6 Å². The predicted octanol–water partition coefficient (Wildman–Crippen LogP) is 0.563. The number of halogens is 2. The third-order valence-electron chi connectivity index (χ3n) is 3.06. The lowest BCUT2D eigenvalue weighted by molar-refractivity contribution is -0.119. The maximum atomic E-state index is 13.0. The molecule has 1 amide bonds. The highest BCUT2D eigenvalue weighted by molar-refractivity contribution is 5.92. The lowest BCUT2D eigenvalue weighted by Crippen LogP contribution is -2.48. The number of nitrogens with one attached hydrogen (secondary N) is 1. The van der Waals surface area contributed by atoms with Crippen LogP contribution in [-0.2, 0) is 9.53 Å². The van der Waals surface area contributed by atoms with E-state index in [0.717, 1.165) is 12.1 Å². The number of benzene rings is 1. The summed E-state index contributed by atoms with van der Waals surface area (Å²) in [7, 11) is 0. The van der Waals surface area contributed by atoms with E-state index in [4.69, 9.17) is 10.5 Å². The summed E-state index contributed by atoms with van der Waals surface area (Å²) in [6, 6.07) is 3.25. The van der Waals surface area contributed by atoms with Crippen LogP contribution in [0.15, 0.2) is 18.2 Å². The molecule has 0 saturated carbocycles. The first-order valence-corrected chi connectivity index (χ1v) is 6.37. The molecule has 1 atom stereocenters. The number of morpholine rings is 1. The van der Waals surface area contributed by atoms with Gasteiger partial charge in [-0.2, -0.15) is 0 Å². The fourth-order valence-electron chi connectivity index (χ4n) is 2.04. The molecule has 0 spiro atoms. The van der Waals surface area contributed by atoms with Gasteiger partial charge >= 0.3 is 0 Å². The van der Waals surface area contributed by atoms with Gasteiger partial charge in [-0.3, -0.25) is 9.69 Å². The van der Waals surface area contributed by atoms with Crippen molar-refractivity contribution in [3.05, 3.63) is 29.8 Å². The number of nitrogens with two attached hydrogens (primary N) is 1. The smallest absolute Gasteiger partial charge is 0.238 e. The molecular weight excluding hydrogens is 268 g/mol. The van der Waals surface area contributed by atoms with E-state index in [9.17, 15) is 13.6 Å². The van der Waals surface area contributed by atoms with Crippen LogP contribution in [0.4, 0.5) is 14.5 Å². The number of hydrogen-bond donors (Lipinski definition) is 2. The van der Waals surface area contributed by atoms with Crippen LogP contribution in [-0.4, -0.2) is 49.7 Å². The summed E-state index contributed by atoms with van der Waals surface area (Å²) >= 11 is 0. The van der Waals surface area contributed by atoms with E-state index < -0.39 is 11.6 Å². The van der Waals surface area contributed by atoms with Crippen molar-refractivity contribution < 1.29 is 18.3 Å². The van der Waals surface area contributed by atoms with Gasteiger partial charge in [-0.15, -0.1) is 0 Å². The van der Waals surface area contributed by atoms with Gasteiger partial charge in [0.1, 0.15) is 0 Å². The van der Waals surface area contributed by atoms with Crippen LogP contribution in [0.3, 0.4) is 0 Å². The molecular formula is C13H17F2N3O2. The van der Waals surface area contributed by atoms with Crippen LogP contribution in [0.25, 0.3) is 0 Å².